The number of thiophene rings is 1. The summed E-state index contributed by atoms with van der Waals surface area (Å²) in [6, 6.07) is 6.57. The lowest BCUT2D eigenvalue weighted by Crippen LogP contribution is -2.55. The van der Waals surface area contributed by atoms with Gasteiger partial charge in [0.1, 0.15) is 5.00 Å². The molecule has 1 aromatic carbocycles. The maximum absolute atomic E-state index is 14.1. The molecule has 5 heterocycles. The first-order valence-electron chi connectivity index (χ1n) is 16.9. The lowest BCUT2D eigenvalue weighted by atomic mass is 9.91. The van der Waals surface area contributed by atoms with Gasteiger partial charge in [-0.15, -0.1) is 11.3 Å². The number of halogens is 1. The van der Waals surface area contributed by atoms with E-state index in [0.29, 0.717) is 55.9 Å². The molecule has 4 aliphatic rings. The summed E-state index contributed by atoms with van der Waals surface area (Å²) in [4.78, 5) is 51.5. The van der Waals surface area contributed by atoms with Gasteiger partial charge in [0.05, 0.1) is 23.2 Å². The molecule has 0 spiro atoms. The Morgan fingerprint density at radius 1 is 1.00 bits per heavy atom. The van der Waals surface area contributed by atoms with E-state index in [-0.39, 0.29) is 30.3 Å². The predicted molar refractivity (Wildman–Crippen MR) is 184 cm³/mol. The maximum Gasteiger partial charge on any atom is 0.323 e. The number of piperidine rings is 2. The third-order valence-electron chi connectivity index (χ3n) is 10.6. The number of aryl methyl sites for hydroxylation is 1. The summed E-state index contributed by atoms with van der Waals surface area (Å²) in [6.45, 7) is 9.17. The van der Waals surface area contributed by atoms with E-state index in [4.69, 9.17) is 17.3 Å². The number of nitrogen functional groups attached to an aromatic ring is 1. The first kappa shape index (κ1) is 33.1. The van der Waals surface area contributed by atoms with E-state index in [1.165, 1.54) is 12.8 Å². The van der Waals surface area contributed by atoms with Crippen LogP contribution in [0.4, 0.5) is 15.5 Å². The van der Waals surface area contributed by atoms with Crippen molar-refractivity contribution in [3.63, 3.8) is 0 Å². The molecule has 0 unspecified atom stereocenters. The van der Waals surface area contributed by atoms with Crippen LogP contribution in [0.5, 0.6) is 0 Å². The third kappa shape index (κ3) is 7.32. The van der Waals surface area contributed by atoms with Gasteiger partial charge >= 0.3 is 6.03 Å². The van der Waals surface area contributed by atoms with E-state index in [9.17, 15) is 14.4 Å². The van der Waals surface area contributed by atoms with Gasteiger partial charge in [0.2, 0.25) is 11.8 Å². The average molecular weight is 670 g/mol. The topological polar surface area (TPSA) is 105 Å². The second-order valence-electron chi connectivity index (χ2n) is 13.4. The van der Waals surface area contributed by atoms with Crippen LogP contribution in [0.3, 0.4) is 0 Å². The number of nitrogens with zero attached hydrogens (tertiary/aromatic N) is 5. The van der Waals surface area contributed by atoms with Crippen molar-refractivity contribution in [2.45, 2.75) is 70.5 Å². The molecule has 1 aromatic heterocycles. The molecule has 4 amide bonds. The normalized spacial score (nSPS) is 21.3. The van der Waals surface area contributed by atoms with Crippen LogP contribution in [0, 0.1) is 5.92 Å². The molecule has 3 fully saturated rings. The molecule has 6 rings (SSSR count). The van der Waals surface area contributed by atoms with E-state index in [0.717, 1.165) is 67.1 Å². The molecule has 0 aliphatic carbocycles. The van der Waals surface area contributed by atoms with Gasteiger partial charge in [-0.25, -0.2) is 4.79 Å². The van der Waals surface area contributed by atoms with E-state index in [2.05, 4.69) is 28.2 Å². The number of amides is 4. The number of fused-ring (bicyclic) bond motifs is 1. The fourth-order valence-corrected chi connectivity index (χ4v) is 8.72. The Kier molecular flexibility index (Phi) is 10.4. The minimum absolute atomic E-state index is 0.00207. The number of urea groups is 1. The zero-order valence-electron chi connectivity index (χ0n) is 27.2. The largest absolute Gasteiger partial charge is 0.397 e. The zero-order valence-corrected chi connectivity index (χ0v) is 28.8. The van der Waals surface area contributed by atoms with Gasteiger partial charge in [-0.1, -0.05) is 24.6 Å². The Bertz CT molecular complexity index is 1410. The Labute approximate surface area is 281 Å². The zero-order chi connectivity index (χ0) is 32.4. The number of nitrogens with one attached hydrogen (secondary N) is 1. The summed E-state index contributed by atoms with van der Waals surface area (Å²) >= 11 is 8.06. The number of carbonyl (C=O) groups is 3. The quantitative estimate of drug-likeness (QED) is 0.405. The predicted octanol–water partition coefficient (Wildman–Crippen LogP) is 4.37. The molecular weight excluding hydrogens is 622 g/mol. The highest BCUT2D eigenvalue weighted by atomic mass is 35.5. The highest BCUT2D eigenvalue weighted by molar-refractivity contribution is 7.14. The van der Waals surface area contributed by atoms with Gasteiger partial charge in [-0.3, -0.25) is 19.8 Å². The number of rotatable bonds is 8. The first-order valence-corrected chi connectivity index (χ1v) is 18.2. The number of anilines is 2. The van der Waals surface area contributed by atoms with E-state index in [1.807, 2.05) is 39.1 Å². The fraction of sp³-hybridized carbons (Fsp3) is 0.618. The average Bonchev–Trinajstić information content (AvgIpc) is 3.53. The second-order valence-corrected chi connectivity index (χ2v) is 14.8. The molecule has 10 nitrogen and oxygen atoms in total. The summed E-state index contributed by atoms with van der Waals surface area (Å²) < 4.78 is 0. The molecule has 0 saturated carbocycles. The van der Waals surface area contributed by atoms with Crippen LogP contribution in [-0.4, -0.2) is 114 Å². The van der Waals surface area contributed by atoms with Gasteiger partial charge < -0.3 is 25.3 Å². The van der Waals surface area contributed by atoms with Crippen molar-refractivity contribution in [1.29, 1.82) is 0 Å². The standard InChI is InChI=1S/C34H48ClN7O3S/c1-3-24-18-23(20-29(35)31(24)36)19-26(33(44)41-15-13-39(14-16-41)27-4-9-38(2)10-5-27)21-30(43)40-11-6-28(7-12-40)42-22-25-8-17-46-32(25)37-34(42)45/h8,17-18,20,26-28H,3-7,9-16,19,21-22,36H2,1-2H3,(H,37,45)/t26-/m0/s1. The summed E-state index contributed by atoms with van der Waals surface area (Å²) in [5.74, 6) is -0.426. The van der Waals surface area contributed by atoms with Crippen molar-refractivity contribution in [3.8, 4) is 0 Å². The molecule has 4 aliphatic heterocycles. The van der Waals surface area contributed by atoms with Crippen LogP contribution >= 0.6 is 22.9 Å². The Morgan fingerprint density at radius 3 is 2.39 bits per heavy atom. The van der Waals surface area contributed by atoms with Crippen LogP contribution in [0.1, 0.15) is 55.7 Å². The summed E-state index contributed by atoms with van der Waals surface area (Å²) in [5, 5.41) is 6.45. The molecular formula is C34H48ClN7O3S. The molecule has 2 aromatic rings. The maximum atomic E-state index is 14.1. The van der Waals surface area contributed by atoms with Crippen LogP contribution in [-0.2, 0) is 29.0 Å². The molecule has 0 bridgehead atoms. The molecule has 3 N–H and O–H groups in total. The number of likely N-dealkylation sites (tertiary alicyclic amines) is 2. The van der Waals surface area contributed by atoms with E-state index < -0.39 is 5.92 Å². The molecule has 12 heteroatoms. The molecule has 1 atom stereocenters. The Morgan fingerprint density at radius 2 is 1.70 bits per heavy atom. The fourth-order valence-electron chi connectivity index (χ4n) is 7.66. The lowest BCUT2D eigenvalue weighted by molar-refractivity contribution is -0.143. The SMILES string of the molecule is CCc1cc(C[C@@H](CC(=O)N2CCC(N3Cc4ccsc4NC3=O)CC2)C(=O)N2CCN(C3CCN(C)CC3)CC2)cc(Cl)c1N. The number of hydrogen-bond acceptors (Lipinski definition) is 7. The third-order valence-corrected chi connectivity index (χ3v) is 11.8. The molecule has 3 saturated heterocycles. The van der Waals surface area contributed by atoms with Gasteiger partial charge in [0.25, 0.3) is 0 Å². The van der Waals surface area contributed by atoms with Gasteiger partial charge in [-0.05, 0) is 87.3 Å². The minimum atomic E-state index is -0.477. The molecule has 46 heavy (non-hydrogen) atoms. The van der Waals surface area contributed by atoms with Gasteiger partial charge in [0, 0.05) is 63.3 Å². The minimum Gasteiger partial charge on any atom is -0.397 e. The number of nitrogens with two attached hydrogens (primary N) is 1. The van der Waals surface area contributed by atoms with Crippen LogP contribution in [0.25, 0.3) is 0 Å². The van der Waals surface area contributed by atoms with Crippen LogP contribution < -0.4 is 11.1 Å². The Balaban J connectivity index is 1.10. The summed E-state index contributed by atoms with van der Waals surface area (Å²) in [6.07, 6.45) is 5.15. The summed E-state index contributed by atoms with van der Waals surface area (Å²) in [5.41, 5.74) is 9.85. The highest BCUT2D eigenvalue weighted by Gasteiger charge is 2.36. The van der Waals surface area contributed by atoms with Crippen LogP contribution in [0.15, 0.2) is 23.6 Å². The lowest BCUT2D eigenvalue weighted by Gasteiger charge is -2.43. The number of hydrogen-bond donors (Lipinski definition) is 2. The second kappa shape index (κ2) is 14.5. The van der Waals surface area contributed by atoms with Crippen LogP contribution in [0.2, 0.25) is 5.02 Å². The molecule has 0 radical (unpaired) electrons. The van der Waals surface area contributed by atoms with Crippen molar-refractivity contribution >= 4 is 51.5 Å². The van der Waals surface area contributed by atoms with E-state index in [1.54, 1.807) is 11.3 Å². The van der Waals surface area contributed by atoms with Crippen molar-refractivity contribution in [2.75, 3.05) is 70.5 Å². The van der Waals surface area contributed by atoms with E-state index >= 15 is 0 Å². The number of benzene rings is 1. The first-order chi connectivity index (χ1) is 22.2. The smallest absolute Gasteiger partial charge is 0.323 e. The van der Waals surface area contributed by atoms with Crippen molar-refractivity contribution in [1.82, 2.24) is 24.5 Å². The summed E-state index contributed by atoms with van der Waals surface area (Å²) in [7, 11) is 2.18. The molecule has 250 valence electrons. The number of carbonyl (C=O) groups excluding carboxylic acids is 3. The van der Waals surface area contributed by atoms with Crippen molar-refractivity contribution in [3.05, 3.63) is 45.3 Å². The number of piperazine rings is 1. The van der Waals surface area contributed by atoms with Crippen molar-refractivity contribution in [2.24, 2.45) is 5.92 Å². The van der Waals surface area contributed by atoms with Gasteiger partial charge in [-0.2, -0.15) is 0 Å². The van der Waals surface area contributed by atoms with Crippen molar-refractivity contribution < 1.29 is 14.4 Å². The Hall–Kier alpha value is -2.86. The van der Waals surface area contributed by atoms with Gasteiger partial charge in [0.15, 0.2) is 0 Å². The monoisotopic (exact) mass is 669 g/mol. The highest BCUT2D eigenvalue weighted by Crippen LogP contribution is 2.32.